The van der Waals surface area contributed by atoms with Gasteiger partial charge in [-0.25, -0.2) is 0 Å². The van der Waals surface area contributed by atoms with Crippen LogP contribution in [0.5, 0.6) is 0 Å². The van der Waals surface area contributed by atoms with Crippen molar-refractivity contribution in [3.8, 4) is 0 Å². The molecule has 1 aromatic rings. The van der Waals surface area contributed by atoms with Crippen molar-refractivity contribution in [2.24, 2.45) is 0 Å². The standard InChI is InChI=1S/C17H27NO2S/c1-3-9-18-17(15-7-4-6-14(2)11-15)13-21(19)12-16-8-5-10-20-16/h4,6-7,11,16-18H,3,5,8-10,12-13H2,1-2H3. The highest BCUT2D eigenvalue weighted by Gasteiger charge is 2.21. The molecule has 1 saturated heterocycles. The fourth-order valence-electron chi connectivity index (χ4n) is 2.72. The Morgan fingerprint density at radius 2 is 2.33 bits per heavy atom. The van der Waals surface area contributed by atoms with Crippen molar-refractivity contribution >= 4 is 10.8 Å². The van der Waals surface area contributed by atoms with E-state index in [0.29, 0.717) is 11.5 Å². The Morgan fingerprint density at radius 3 is 3.00 bits per heavy atom. The number of nitrogens with one attached hydrogen (secondary N) is 1. The second-order valence-electron chi connectivity index (χ2n) is 5.83. The van der Waals surface area contributed by atoms with E-state index in [2.05, 4.69) is 43.4 Å². The Labute approximate surface area is 130 Å². The van der Waals surface area contributed by atoms with Crippen molar-refractivity contribution in [2.75, 3.05) is 24.7 Å². The summed E-state index contributed by atoms with van der Waals surface area (Å²) in [6, 6.07) is 8.67. The summed E-state index contributed by atoms with van der Waals surface area (Å²) < 4.78 is 18.0. The van der Waals surface area contributed by atoms with Crippen LogP contribution in [0.15, 0.2) is 24.3 Å². The van der Waals surface area contributed by atoms with E-state index in [0.717, 1.165) is 32.4 Å². The number of aryl methyl sites for hydroxylation is 1. The summed E-state index contributed by atoms with van der Waals surface area (Å²) in [7, 11) is -0.838. The number of benzene rings is 1. The fraction of sp³-hybridized carbons (Fsp3) is 0.647. The molecule has 0 aromatic heterocycles. The number of rotatable bonds is 8. The summed E-state index contributed by atoms with van der Waals surface area (Å²) in [6.07, 6.45) is 3.46. The number of ether oxygens (including phenoxy) is 1. The van der Waals surface area contributed by atoms with Crippen molar-refractivity contribution < 1.29 is 8.95 Å². The summed E-state index contributed by atoms with van der Waals surface area (Å²) in [5.41, 5.74) is 2.49. The van der Waals surface area contributed by atoms with Crippen molar-refractivity contribution in [3.05, 3.63) is 35.4 Å². The van der Waals surface area contributed by atoms with Gasteiger partial charge >= 0.3 is 0 Å². The van der Waals surface area contributed by atoms with Crippen LogP contribution in [0, 0.1) is 6.92 Å². The van der Waals surface area contributed by atoms with E-state index in [4.69, 9.17) is 4.74 Å². The minimum absolute atomic E-state index is 0.173. The van der Waals surface area contributed by atoms with E-state index < -0.39 is 10.8 Å². The Morgan fingerprint density at radius 1 is 1.48 bits per heavy atom. The van der Waals surface area contributed by atoms with Crippen LogP contribution in [0.2, 0.25) is 0 Å². The molecule has 0 spiro atoms. The van der Waals surface area contributed by atoms with Crippen LogP contribution < -0.4 is 5.32 Å². The maximum Gasteiger partial charge on any atom is 0.0691 e. The first kappa shape index (κ1) is 16.7. The van der Waals surface area contributed by atoms with Crippen LogP contribution in [-0.4, -0.2) is 35.0 Å². The molecule has 0 radical (unpaired) electrons. The highest BCUT2D eigenvalue weighted by Crippen LogP contribution is 2.18. The van der Waals surface area contributed by atoms with Gasteiger partial charge in [-0.05, 0) is 38.3 Å². The first-order chi connectivity index (χ1) is 10.2. The summed E-state index contributed by atoms with van der Waals surface area (Å²) >= 11 is 0. The predicted molar refractivity (Wildman–Crippen MR) is 89.1 cm³/mol. The average Bonchev–Trinajstić information content (AvgIpc) is 2.96. The van der Waals surface area contributed by atoms with Gasteiger partial charge in [0, 0.05) is 35.0 Å². The molecule has 3 nitrogen and oxygen atoms in total. The molecule has 1 N–H and O–H groups in total. The maximum absolute atomic E-state index is 12.4. The SMILES string of the molecule is CCCNC(CS(=O)CC1CCCO1)c1cccc(C)c1. The third-order valence-electron chi connectivity index (χ3n) is 3.83. The molecule has 1 aliphatic rings. The molecule has 118 valence electrons. The largest absolute Gasteiger partial charge is 0.377 e. The Kier molecular flexibility index (Phi) is 6.87. The van der Waals surface area contributed by atoms with E-state index >= 15 is 0 Å². The molecule has 0 saturated carbocycles. The lowest BCUT2D eigenvalue weighted by Crippen LogP contribution is -2.29. The molecule has 3 unspecified atom stereocenters. The fourth-order valence-corrected chi connectivity index (χ4v) is 4.21. The van der Waals surface area contributed by atoms with E-state index in [1.54, 1.807) is 0 Å². The van der Waals surface area contributed by atoms with Gasteiger partial charge in [-0.15, -0.1) is 0 Å². The second-order valence-corrected chi connectivity index (χ2v) is 7.38. The first-order valence-corrected chi connectivity index (χ1v) is 9.44. The van der Waals surface area contributed by atoms with Crippen molar-refractivity contribution in [3.63, 3.8) is 0 Å². The Bertz CT molecular complexity index is 458. The highest BCUT2D eigenvalue weighted by molar-refractivity contribution is 7.85. The van der Waals surface area contributed by atoms with Gasteiger partial charge in [-0.2, -0.15) is 0 Å². The molecule has 0 amide bonds. The smallest absolute Gasteiger partial charge is 0.0691 e. The molecule has 1 fully saturated rings. The van der Waals surface area contributed by atoms with Gasteiger partial charge in [-0.3, -0.25) is 4.21 Å². The third-order valence-corrected chi connectivity index (χ3v) is 5.28. The van der Waals surface area contributed by atoms with E-state index in [1.165, 1.54) is 11.1 Å². The predicted octanol–water partition coefficient (Wildman–Crippen LogP) is 2.96. The van der Waals surface area contributed by atoms with E-state index in [1.807, 2.05) is 0 Å². The molecule has 3 atom stereocenters. The van der Waals surface area contributed by atoms with Gasteiger partial charge in [-0.1, -0.05) is 36.8 Å². The zero-order chi connectivity index (χ0) is 15.1. The lowest BCUT2D eigenvalue weighted by atomic mass is 10.1. The zero-order valence-corrected chi connectivity index (χ0v) is 14.0. The topological polar surface area (TPSA) is 38.3 Å². The van der Waals surface area contributed by atoms with Gasteiger partial charge in [0.05, 0.1) is 6.10 Å². The monoisotopic (exact) mass is 309 g/mol. The number of hydrogen-bond acceptors (Lipinski definition) is 3. The van der Waals surface area contributed by atoms with Crippen molar-refractivity contribution in [1.82, 2.24) is 5.32 Å². The molecule has 1 heterocycles. The van der Waals surface area contributed by atoms with Crippen LogP contribution in [0.3, 0.4) is 0 Å². The summed E-state index contributed by atoms with van der Waals surface area (Å²) in [5, 5.41) is 3.53. The number of hydrogen-bond donors (Lipinski definition) is 1. The van der Waals surface area contributed by atoms with Crippen molar-refractivity contribution in [2.45, 2.75) is 45.3 Å². The molecule has 0 aliphatic carbocycles. The summed E-state index contributed by atoms with van der Waals surface area (Å²) in [6.45, 7) is 6.04. The Hall–Kier alpha value is -0.710. The minimum atomic E-state index is -0.838. The van der Waals surface area contributed by atoms with Crippen LogP contribution in [0.4, 0.5) is 0 Å². The van der Waals surface area contributed by atoms with E-state index in [9.17, 15) is 4.21 Å². The molecule has 21 heavy (non-hydrogen) atoms. The lowest BCUT2D eigenvalue weighted by molar-refractivity contribution is 0.128. The van der Waals surface area contributed by atoms with Crippen LogP contribution >= 0.6 is 0 Å². The quantitative estimate of drug-likeness (QED) is 0.802. The second kappa shape index (κ2) is 8.66. The van der Waals surface area contributed by atoms with Gasteiger partial charge in [0.1, 0.15) is 0 Å². The molecule has 0 bridgehead atoms. The highest BCUT2D eigenvalue weighted by atomic mass is 32.2. The molecule has 1 aliphatic heterocycles. The average molecular weight is 309 g/mol. The first-order valence-electron chi connectivity index (χ1n) is 7.95. The zero-order valence-electron chi connectivity index (χ0n) is 13.1. The summed E-state index contributed by atoms with van der Waals surface area (Å²) in [4.78, 5) is 0. The minimum Gasteiger partial charge on any atom is -0.377 e. The lowest BCUT2D eigenvalue weighted by Gasteiger charge is -2.20. The maximum atomic E-state index is 12.4. The van der Waals surface area contributed by atoms with Crippen LogP contribution in [0.25, 0.3) is 0 Å². The van der Waals surface area contributed by atoms with Gasteiger partial charge < -0.3 is 10.1 Å². The third kappa shape index (κ3) is 5.53. The molecular weight excluding hydrogens is 282 g/mol. The summed E-state index contributed by atoms with van der Waals surface area (Å²) in [5.74, 6) is 1.35. The van der Waals surface area contributed by atoms with Gasteiger partial charge in [0.25, 0.3) is 0 Å². The normalized spacial score (nSPS) is 21.3. The van der Waals surface area contributed by atoms with Gasteiger partial charge in [0.15, 0.2) is 0 Å². The molecule has 2 rings (SSSR count). The van der Waals surface area contributed by atoms with Crippen molar-refractivity contribution in [1.29, 1.82) is 0 Å². The molecule has 1 aromatic carbocycles. The molecular formula is C17H27NO2S. The van der Waals surface area contributed by atoms with Gasteiger partial charge in [0.2, 0.25) is 0 Å². The van der Waals surface area contributed by atoms with Crippen LogP contribution in [0.1, 0.15) is 43.4 Å². The molecule has 4 heteroatoms. The van der Waals surface area contributed by atoms with Crippen LogP contribution in [-0.2, 0) is 15.5 Å². The van der Waals surface area contributed by atoms with E-state index in [-0.39, 0.29) is 12.1 Å². The Balaban J connectivity index is 1.96.